The van der Waals surface area contributed by atoms with E-state index < -0.39 is 5.97 Å². The summed E-state index contributed by atoms with van der Waals surface area (Å²) in [4.78, 5) is 22.3. The molecule has 0 bridgehead atoms. The summed E-state index contributed by atoms with van der Waals surface area (Å²) < 4.78 is 0. The first-order valence-electron chi connectivity index (χ1n) is 5.30. The number of benzene rings is 1. The number of carboxylic acid groups (broad SMARTS) is 1. The van der Waals surface area contributed by atoms with E-state index in [2.05, 4.69) is 0 Å². The zero-order valence-electron chi connectivity index (χ0n) is 9.56. The van der Waals surface area contributed by atoms with Crippen molar-refractivity contribution in [3.8, 4) is 0 Å². The number of carbonyl (C=O) groups is 2. The van der Waals surface area contributed by atoms with Gasteiger partial charge in [0.05, 0.1) is 0 Å². The van der Waals surface area contributed by atoms with Crippen LogP contribution in [0.2, 0.25) is 0 Å². The summed E-state index contributed by atoms with van der Waals surface area (Å²) >= 11 is 0. The summed E-state index contributed by atoms with van der Waals surface area (Å²) in [6.07, 6.45) is 0.327. The number of carboxylic acids is 1. The third-order valence-corrected chi connectivity index (χ3v) is 2.40. The number of Topliss-reactive ketones (excluding diaryl/α,β-unsaturated/α-hetero) is 1. The van der Waals surface area contributed by atoms with Gasteiger partial charge in [0, 0.05) is 18.4 Å². The quantitative estimate of drug-likeness (QED) is 0.776. The smallest absolute Gasteiger partial charge is 0.303 e. The SMILES string of the molecule is Cc1cccc(C(=O)C[C@H](C)CC(=O)O)c1. The van der Waals surface area contributed by atoms with Crippen molar-refractivity contribution in [3.05, 3.63) is 35.4 Å². The topological polar surface area (TPSA) is 54.4 Å². The molecule has 1 aromatic carbocycles. The summed E-state index contributed by atoms with van der Waals surface area (Å²) in [5.74, 6) is -0.965. The predicted octanol–water partition coefficient (Wildman–Crippen LogP) is 2.68. The number of hydrogen-bond donors (Lipinski definition) is 1. The molecular formula is C13H16O3. The molecule has 0 aromatic heterocycles. The van der Waals surface area contributed by atoms with Gasteiger partial charge in [-0.05, 0) is 18.9 Å². The lowest BCUT2D eigenvalue weighted by Gasteiger charge is -2.07. The Morgan fingerprint density at radius 2 is 2.00 bits per heavy atom. The molecule has 1 atom stereocenters. The van der Waals surface area contributed by atoms with Gasteiger partial charge in [-0.15, -0.1) is 0 Å². The van der Waals surface area contributed by atoms with Crippen molar-refractivity contribution in [3.63, 3.8) is 0 Å². The summed E-state index contributed by atoms with van der Waals surface area (Å²) in [5, 5.41) is 8.60. The monoisotopic (exact) mass is 220 g/mol. The molecule has 16 heavy (non-hydrogen) atoms. The van der Waals surface area contributed by atoms with Crippen LogP contribution < -0.4 is 0 Å². The summed E-state index contributed by atoms with van der Waals surface area (Å²) in [6, 6.07) is 7.36. The zero-order valence-corrected chi connectivity index (χ0v) is 9.56. The first-order chi connectivity index (χ1) is 7.49. The van der Waals surface area contributed by atoms with Crippen LogP contribution in [0.4, 0.5) is 0 Å². The van der Waals surface area contributed by atoms with E-state index in [0.29, 0.717) is 5.56 Å². The normalized spacial score (nSPS) is 12.1. The number of hydrogen-bond acceptors (Lipinski definition) is 2. The molecular weight excluding hydrogens is 204 g/mol. The van der Waals surface area contributed by atoms with Crippen molar-refractivity contribution < 1.29 is 14.7 Å². The van der Waals surface area contributed by atoms with Crippen LogP contribution >= 0.6 is 0 Å². The zero-order chi connectivity index (χ0) is 12.1. The molecule has 0 unspecified atom stereocenters. The van der Waals surface area contributed by atoms with Crippen LogP contribution in [0.25, 0.3) is 0 Å². The molecule has 0 amide bonds. The maximum Gasteiger partial charge on any atom is 0.303 e. The largest absolute Gasteiger partial charge is 0.481 e. The Hall–Kier alpha value is -1.64. The van der Waals surface area contributed by atoms with E-state index in [9.17, 15) is 9.59 Å². The Labute approximate surface area is 95.1 Å². The van der Waals surface area contributed by atoms with Crippen LogP contribution in [0.3, 0.4) is 0 Å². The van der Waals surface area contributed by atoms with Gasteiger partial charge in [-0.25, -0.2) is 0 Å². The highest BCUT2D eigenvalue weighted by Crippen LogP contribution is 2.13. The Bertz CT molecular complexity index is 396. The summed E-state index contributed by atoms with van der Waals surface area (Å²) in [5.41, 5.74) is 1.70. The number of ketones is 1. The molecule has 1 aromatic rings. The minimum absolute atomic E-state index is 0.0115. The van der Waals surface area contributed by atoms with Crippen LogP contribution in [0.1, 0.15) is 35.7 Å². The van der Waals surface area contributed by atoms with E-state index in [1.54, 1.807) is 13.0 Å². The molecule has 0 spiro atoms. The molecule has 0 fully saturated rings. The summed E-state index contributed by atoms with van der Waals surface area (Å²) in [6.45, 7) is 3.71. The van der Waals surface area contributed by atoms with Gasteiger partial charge >= 0.3 is 5.97 Å². The Morgan fingerprint density at radius 1 is 1.31 bits per heavy atom. The highest BCUT2D eigenvalue weighted by Gasteiger charge is 2.13. The number of rotatable bonds is 5. The third kappa shape index (κ3) is 3.85. The molecule has 0 aliphatic rings. The minimum atomic E-state index is -0.857. The van der Waals surface area contributed by atoms with Gasteiger partial charge in [0.15, 0.2) is 5.78 Å². The molecule has 86 valence electrons. The minimum Gasteiger partial charge on any atom is -0.481 e. The van der Waals surface area contributed by atoms with Crippen molar-refractivity contribution in [2.24, 2.45) is 5.92 Å². The lowest BCUT2D eigenvalue weighted by Crippen LogP contribution is -2.10. The van der Waals surface area contributed by atoms with Gasteiger partial charge in [0.1, 0.15) is 0 Å². The van der Waals surface area contributed by atoms with Gasteiger partial charge in [0.25, 0.3) is 0 Å². The fourth-order valence-electron chi connectivity index (χ4n) is 1.62. The first-order valence-corrected chi connectivity index (χ1v) is 5.30. The van der Waals surface area contributed by atoms with Crippen LogP contribution in [-0.2, 0) is 4.79 Å². The molecule has 0 radical (unpaired) electrons. The molecule has 3 nitrogen and oxygen atoms in total. The van der Waals surface area contributed by atoms with E-state index in [1.165, 1.54) is 0 Å². The molecule has 0 saturated heterocycles. The molecule has 1 rings (SSSR count). The highest BCUT2D eigenvalue weighted by atomic mass is 16.4. The van der Waals surface area contributed by atoms with Gasteiger partial charge in [0.2, 0.25) is 0 Å². The second-order valence-corrected chi connectivity index (χ2v) is 4.20. The fraction of sp³-hybridized carbons (Fsp3) is 0.385. The van der Waals surface area contributed by atoms with Crippen molar-refractivity contribution in [2.75, 3.05) is 0 Å². The Balaban J connectivity index is 2.62. The predicted molar refractivity (Wildman–Crippen MR) is 61.5 cm³/mol. The lowest BCUT2D eigenvalue weighted by atomic mass is 9.96. The van der Waals surface area contributed by atoms with Crippen LogP contribution in [0.5, 0.6) is 0 Å². The molecule has 0 aliphatic carbocycles. The lowest BCUT2D eigenvalue weighted by molar-refractivity contribution is -0.137. The van der Waals surface area contributed by atoms with E-state index in [0.717, 1.165) is 5.56 Å². The number of carbonyl (C=O) groups excluding carboxylic acids is 1. The first kappa shape index (κ1) is 12.4. The molecule has 1 N–H and O–H groups in total. The Kier molecular flexibility index (Phi) is 4.23. The molecule has 3 heteroatoms. The van der Waals surface area contributed by atoms with E-state index in [-0.39, 0.29) is 24.5 Å². The van der Waals surface area contributed by atoms with Crippen molar-refractivity contribution >= 4 is 11.8 Å². The molecule has 0 saturated carbocycles. The number of aryl methyl sites for hydroxylation is 1. The highest BCUT2D eigenvalue weighted by molar-refractivity contribution is 5.96. The van der Waals surface area contributed by atoms with E-state index in [4.69, 9.17) is 5.11 Å². The van der Waals surface area contributed by atoms with Crippen molar-refractivity contribution in [1.82, 2.24) is 0 Å². The Morgan fingerprint density at radius 3 is 2.56 bits per heavy atom. The fourth-order valence-corrected chi connectivity index (χ4v) is 1.62. The van der Waals surface area contributed by atoms with E-state index in [1.807, 2.05) is 25.1 Å². The van der Waals surface area contributed by atoms with Crippen molar-refractivity contribution in [1.29, 1.82) is 0 Å². The maximum absolute atomic E-state index is 11.8. The average molecular weight is 220 g/mol. The van der Waals surface area contributed by atoms with Crippen LogP contribution in [0, 0.1) is 12.8 Å². The van der Waals surface area contributed by atoms with E-state index >= 15 is 0 Å². The average Bonchev–Trinajstić information content (AvgIpc) is 2.16. The standard InChI is InChI=1S/C13H16O3/c1-9-4-3-5-11(6-9)12(14)7-10(2)8-13(15)16/h3-6,10H,7-8H2,1-2H3,(H,15,16)/t10-/m0/s1. The number of aliphatic carboxylic acids is 1. The van der Waals surface area contributed by atoms with Gasteiger partial charge in [-0.2, -0.15) is 0 Å². The third-order valence-electron chi connectivity index (χ3n) is 2.40. The summed E-state index contributed by atoms with van der Waals surface area (Å²) in [7, 11) is 0. The molecule has 0 aliphatic heterocycles. The van der Waals surface area contributed by atoms with Gasteiger partial charge in [-0.3, -0.25) is 9.59 Å². The second-order valence-electron chi connectivity index (χ2n) is 4.20. The maximum atomic E-state index is 11.8. The van der Waals surface area contributed by atoms with Gasteiger partial charge in [-0.1, -0.05) is 30.7 Å². The second kappa shape index (κ2) is 5.45. The van der Waals surface area contributed by atoms with Gasteiger partial charge < -0.3 is 5.11 Å². The van der Waals surface area contributed by atoms with Crippen LogP contribution in [0.15, 0.2) is 24.3 Å². The van der Waals surface area contributed by atoms with Crippen molar-refractivity contribution in [2.45, 2.75) is 26.7 Å². The molecule has 0 heterocycles. The van der Waals surface area contributed by atoms with Crippen LogP contribution in [-0.4, -0.2) is 16.9 Å².